The Balaban J connectivity index is 0.00000161. The van der Waals surface area contributed by atoms with E-state index in [0.717, 1.165) is 17.0 Å². The first-order valence-corrected chi connectivity index (χ1v) is 7.88. The van der Waals surface area contributed by atoms with Crippen LogP contribution in [0.1, 0.15) is 37.7 Å². The molecule has 3 rings (SSSR count). The highest BCUT2D eigenvalue weighted by Crippen LogP contribution is 2.33. The Kier molecular flexibility index (Phi) is 5.91. The number of benzene rings is 1. The average molecular weight is 329 g/mol. The van der Waals surface area contributed by atoms with Crippen molar-refractivity contribution in [3.8, 4) is 0 Å². The smallest absolute Gasteiger partial charge is 0.237 e. The van der Waals surface area contributed by atoms with Crippen LogP contribution in [0.25, 0.3) is 0 Å². The zero-order valence-electron chi connectivity index (χ0n) is 12.0. The maximum Gasteiger partial charge on any atom is 0.237 e. The van der Waals surface area contributed by atoms with Crippen molar-refractivity contribution in [2.75, 3.05) is 0 Å². The SMILES string of the molecule is Cl.O=C(NCc1ccc(Cl)cc1)C1CC2CCCCC2N1. The Morgan fingerprint density at radius 1 is 1.24 bits per heavy atom. The fraction of sp³-hybridized carbons (Fsp3) is 0.562. The summed E-state index contributed by atoms with van der Waals surface area (Å²) < 4.78 is 0. The lowest BCUT2D eigenvalue weighted by Crippen LogP contribution is -2.42. The molecule has 3 atom stereocenters. The summed E-state index contributed by atoms with van der Waals surface area (Å²) in [6.07, 6.45) is 6.12. The van der Waals surface area contributed by atoms with Crippen molar-refractivity contribution >= 4 is 29.9 Å². The van der Waals surface area contributed by atoms with E-state index in [4.69, 9.17) is 11.6 Å². The van der Waals surface area contributed by atoms with Gasteiger partial charge in [0.05, 0.1) is 6.04 Å². The monoisotopic (exact) mass is 328 g/mol. The number of hydrogen-bond donors (Lipinski definition) is 2. The molecule has 1 amide bonds. The first-order valence-electron chi connectivity index (χ1n) is 7.50. The van der Waals surface area contributed by atoms with E-state index in [9.17, 15) is 4.79 Å². The Hall–Kier alpha value is -0.770. The fourth-order valence-corrected chi connectivity index (χ4v) is 3.56. The van der Waals surface area contributed by atoms with Gasteiger partial charge in [0.1, 0.15) is 0 Å². The number of carbonyl (C=O) groups is 1. The minimum absolute atomic E-state index is 0. The quantitative estimate of drug-likeness (QED) is 0.893. The lowest BCUT2D eigenvalue weighted by molar-refractivity contribution is -0.123. The molecule has 0 spiro atoms. The Morgan fingerprint density at radius 2 is 1.95 bits per heavy atom. The van der Waals surface area contributed by atoms with Gasteiger partial charge in [-0.25, -0.2) is 0 Å². The molecule has 1 saturated carbocycles. The second kappa shape index (κ2) is 7.48. The molecule has 1 aromatic rings. The van der Waals surface area contributed by atoms with Crippen molar-refractivity contribution in [2.24, 2.45) is 5.92 Å². The summed E-state index contributed by atoms with van der Waals surface area (Å²) in [5.41, 5.74) is 1.08. The van der Waals surface area contributed by atoms with E-state index in [-0.39, 0.29) is 24.4 Å². The normalized spacial score (nSPS) is 27.6. The van der Waals surface area contributed by atoms with Crippen LogP contribution in [0.15, 0.2) is 24.3 Å². The number of nitrogens with one attached hydrogen (secondary N) is 2. The summed E-state index contributed by atoms with van der Waals surface area (Å²) >= 11 is 5.85. The fourth-order valence-electron chi connectivity index (χ4n) is 3.44. The highest BCUT2D eigenvalue weighted by molar-refractivity contribution is 6.30. The van der Waals surface area contributed by atoms with Gasteiger partial charge in [-0.3, -0.25) is 4.79 Å². The van der Waals surface area contributed by atoms with Gasteiger partial charge in [0.2, 0.25) is 5.91 Å². The van der Waals surface area contributed by atoms with Crippen LogP contribution in [0.2, 0.25) is 5.02 Å². The molecule has 2 N–H and O–H groups in total. The van der Waals surface area contributed by atoms with Crippen LogP contribution < -0.4 is 10.6 Å². The summed E-state index contributed by atoms with van der Waals surface area (Å²) in [6.45, 7) is 0.573. The van der Waals surface area contributed by atoms with Crippen LogP contribution in [-0.2, 0) is 11.3 Å². The van der Waals surface area contributed by atoms with Crippen LogP contribution in [0.5, 0.6) is 0 Å². The Labute approximate surface area is 137 Å². The topological polar surface area (TPSA) is 41.1 Å². The van der Waals surface area contributed by atoms with E-state index < -0.39 is 0 Å². The summed E-state index contributed by atoms with van der Waals surface area (Å²) in [5, 5.41) is 7.25. The Bertz CT molecular complexity index is 464. The number of rotatable bonds is 3. The van der Waals surface area contributed by atoms with E-state index in [1.165, 1.54) is 25.7 Å². The minimum Gasteiger partial charge on any atom is -0.351 e. The predicted octanol–water partition coefficient (Wildman–Crippen LogP) is 3.30. The van der Waals surface area contributed by atoms with Gasteiger partial charge in [0.25, 0.3) is 0 Å². The average Bonchev–Trinajstić information content (AvgIpc) is 2.90. The lowest BCUT2D eigenvalue weighted by Gasteiger charge is -2.24. The number of fused-ring (bicyclic) bond motifs is 1. The van der Waals surface area contributed by atoms with Crippen LogP contribution >= 0.6 is 24.0 Å². The highest BCUT2D eigenvalue weighted by atomic mass is 35.5. The third kappa shape index (κ3) is 4.12. The molecule has 116 valence electrons. The Morgan fingerprint density at radius 3 is 2.67 bits per heavy atom. The van der Waals surface area contributed by atoms with Crippen LogP contribution in [0.4, 0.5) is 0 Å². The van der Waals surface area contributed by atoms with E-state index in [1.807, 2.05) is 24.3 Å². The molecule has 1 saturated heterocycles. The molecule has 5 heteroatoms. The third-order valence-corrected chi connectivity index (χ3v) is 4.81. The van der Waals surface area contributed by atoms with Crippen molar-refractivity contribution in [2.45, 2.75) is 50.7 Å². The molecule has 0 aromatic heterocycles. The molecule has 2 fully saturated rings. The van der Waals surface area contributed by atoms with Crippen LogP contribution in [0, 0.1) is 5.92 Å². The molecule has 1 aliphatic carbocycles. The van der Waals surface area contributed by atoms with Crippen LogP contribution in [0.3, 0.4) is 0 Å². The molecule has 1 aliphatic heterocycles. The first kappa shape index (κ1) is 16.6. The van der Waals surface area contributed by atoms with E-state index >= 15 is 0 Å². The second-order valence-corrected chi connectivity index (χ2v) is 6.39. The standard InChI is InChI=1S/C16H21ClN2O.ClH/c17-13-7-5-11(6-8-13)10-18-16(20)15-9-12-3-1-2-4-14(12)19-15;/h5-8,12,14-15,19H,1-4,9-10H2,(H,18,20);1H. The van der Waals surface area contributed by atoms with E-state index in [1.54, 1.807) is 0 Å². The van der Waals surface area contributed by atoms with Gasteiger partial charge in [-0.05, 0) is 42.9 Å². The summed E-state index contributed by atoms with van der Waals surface area (Å²) in [7, 11) is 0. The van der Waals surface area contributed by atoms with E-state index in [0.29, 0.717) is 18.5 Å². The van der Waals surface area contributed by atoms with Gasteiger partial charge in [-0.2, -0.15) is 0 Å². The van der Waals surface area contributed by atoms with Gasteiger partial charge in [0, 0.05) is 17.6 Å². The molecule has 1 aromatic carbocycles. The van der Waals surface area contributed by atoms with Gasteiger partial charge in [0.15, 0.2) is 0 Å². The number of carbonyl (C=O) groups excluding carboxylic acids is 1. The van der Waals surface area contributed by atoms with Crippen molar-refractivity contribution in [1.29, 1.82) is 0 Å². The number of hydrogen-bond acceptors (Lipinski definition) is 2. The van der Waals surface area contributed by atoms with Crippen molar-refractivity contribution < 1.29 is 4.79 Å². The molecule has 1 heterocycles. The van der Waals surface area contributed by atoms with Crippen molar-refractivity contribution in [3.63, 3.8) is 0 Å². The van der Waals surface area contributed by atoms with Gasteiger partial charge < -0.3 is 10.6 Å². The highest BCUT2D eigenvalue weighted by Gasteiger charge is 2.37. The van der Waals surface area contributed by atoms with Crippen molar-refractivity contribution in [1.82, 2.24) is 10.6 Å². The van der Waals surface area contributed by atoms with Crippen LogP contribution in [-0.4, -0.2) is 18.0 Å². The second-order valence-electron chi connectivity index (χ2n) is 5.95. The maximum absolute atomic E-state index is 12.2. The van der Waals surface area contributed by atoms with Gasteiger partial charge in [-0.1, -0.05) is 36.6 Å². The zero-order chi connectivity index (χ0) is 13.9. The molecule has 21 heavy (non-hydrogen) atoms. The summed E-state index contributed by atoms with van der Waals surface area (Å²) in [5.74, 6) is 0.837. The maximum atomic E-state index is 12.2. The molecule has 3 unspecified atom stereocenters. The molecule has 0 radical (unpaired) electrons. The number of amides is 1. The number of halogens is 2. The summed E-state index contributed by atoms with van der Waals surface area (Å²) in [6, 6.07) is 8.16. The minimum atomic E-state index is -0.00426. The first-order chi connectivity index (χ1) is 9.72. The molecular formula is C16H22Cl2N2O. The van der Waals surface area contributed by atoms with Gasteiger partial charge >= 0.3 is 0 Å². The lowest BCUT2D eigenvalue weighted by atomic mass is 9.85. The van der Waals surface area contributed by atoms with Gasteiger partial charge in [-0.15, -0.1) is 12.4 Å². The third-order valence-electron chi connectivity index (χ3n) is 4.56. The largest absolute Gasteiger partial charge is 0.351 e. The molecule has 2 aliphatic rings. The zero-order valence-corrected chi connectivity index (χ0v) is 13.6. The van der Waals surface area contributed by atoms with E-state index in [2.05, 4.69) is 10.6 Å². The van der Waals surface area contributed by atoms with Crippen molar-refractivity contribution in [3.05, 3.63) is 34.9 Å². The summed E-state index contributed by atoms with van der Waals surface area (Å²) in [4.78, 5) is 12.2. The molecular weight excluding hydrogens is 307 g/mol. The molecule has 0 bridgehead atoms. The molecule has 3 nitrogen and oxygen atoms in total. The predicted molar refractivity (Wildman–Crippen MR) is 87.8 cm³/mol.